The average Bonchev–Trinajstić information content (AvgIpc) is 2.52. The Bertz CT molecular complexity index is 693. The third-order valence-electron chi connectivity index (χ3n) is 3.35. The fourth-order valence-electron chi connectivity index (χ4n) is 2.21. The molecule has 0 N–H and O–H groups in total. The zero-order valence-corrected chi connectivity index (χ0v) is 12.7. The van der Waals surface area contributed by atoms with Crippen LogP contribution in [0.3, 0.4) is 0 Å². The summed E-state index contributed by atoms with van der Waals surface area (Å²) in [5, 5.41) is 0.320. The van der Waals surface area contributed by atoms with Crippen molar-refractivity contribution < 1.29 is 22.8 Å². The highest BCUT2D eigenvalue weighted by Crippen LogP contribution is 2.32. The number of benzene rings is 1. The third kappa shape index (κ3) is 4.28. The molecule has 23 heavy (non-hydrogen) atoms. The van der Waals surface area contributed by atoms with Gasteiger partial charge in [0, 0.05) is 29.7 Å². The van der Waals surface area contributed by atoms with Crippen LogP contribution in [0.5, 0.6) is 0 Å². The first kappa shape index (κ1) is 17.4. The van der Waals surface area contributed by atoms with Crippen molar-refractivity contribution in [1.82, 2.24) is 0 Å². The van der Waals surface area contributed by atoms with Crippen molar-refractivity contribution in [2.24, 2.45) is 4.99 Å². The summed E-state index contributed by atoms with van der Waals surface area (Å²) < 4.78 is 38.7. The van der Waals surface area contributed by atoms with Crippen LogP contribution in [0.2, 0.25) is 0 Å². The number of Topliss-reactive ketones (excluding diaryl/α,β-unsaturated/α-hetero) is 2. The third-order valence-corrected chi connectivity index (χ3v) is 3.71. The number of carbonyl (C=O) groups excluding carboxylic acids is 2. The number of halogens is 4. The second kappa shape index (κ2) is 7.08. The van der Waals surface area contributed by atoms with Gasteiger partial charge in [-0.25, -0.2) is 0 Å². The van der Waals surface area contributed by atoms with Crippen LogP contribution in [0.4, 0.5) is 13.2 Å². The largest absolute Gasteiger partial charge is 0.417 e. The zero-order chi connectivity index (χ0) is 17.0. The standard InChI is InChI=1S/C16H13ClF3NO2/c17-12-6-3-9-21-15(12)14(23)8-7-13(22)10-4-1-2-5-11(10)16(18,19)20/h1-2,4-5,9H,3,6-8H2. The summed E-state index contributed by atoms with van der Waals surface area (Å²) in [6.45, 7) is 0. The molecule has 1 heterocycles. The second-order valence-corrected chi connectivity index (χ2v) is 5.45. The van der Waals surface area contributed by atoms with Gasteiger partial charge in [0.2, 0.25) is 0 Å². The molecule has 3 nitrogen and oxygen atoms in total. The topological polar surface area (TPSA) is 46.5 Å². The Labute approximate surface area is 135 Å². The van der Waals surface area contributed by atoms with Gasteiger partial charge in [-0.3, -0.25) is 14.6 Å². The molecule has 0 fully saturated rings. The van der Waals surface area contributed by atoms with Gasteiger partial charge in [0.15, 0.2) is 11.6 Å². The van der Waals surface area contributed by atoms with E-state index < -0.39 is 28.9 Å². The Kier molecular flexibility index (Phi) is 5.36. The molecule has 0 amide bonds. The molecule has 0 spiro atoms. The number of hydrogen-bond acceptors (Lipinski definition) is 3. The molecule has 0 aliphatic carbocycles. The molecule has 0 bridgehead atoms. The van der Waals surface area contributed by atoms with Gasteiger partial charge in [0.05, 0.1) is 5.56 Å². The summed E-state index contributed by atoms with van der Waals surface area (Å²) in [7, 11) is 0. The molecular weight excluding hydrogens is 331 g/mol. The second-order valence-electron chi connectivity index (χ2n) is 4.99. The maximum absolute atomic E-state index is 12.9. The fourth-order valence-corrected chi connectivity index (χ4v) is 2.48. The number of alkyl halides is 3. The summed E-state index contributed by atoms with van der Waals surface area (Å²) in [5.74, 6) is -1.17. The molecule has 1 aliphatic heterocycles. The lowest BCUT2D eigenvalue weighted by Gasteiger charge is -2.12. The lowest BCUT2D eigenvalue weighted by atomic mass is 9.98. The summed E-state index contributed by atoms with van der Waals surface area (Å²) in [4.78, 5) is 27.9. The van der Waals surface area contributed by atoms with Crippen molar-refractivity contribution >= 4 is 29.4 Å². The molecule has 122 valence electrons. The van der Waals surface area contributed by atoms with Gasteiger partial charge >= 0.3 is 6.18 Å². The lowest BCUT2D eigenvalue weighted by molar-refractivity contribution is -0.137. The van der Waals surface area contributed by atoms with Crippen LogP contribution in [-0.2, 0) is 11.0 Å². The highest BCUT2D eigenvalue weighted by molar-refractivity contribution is 6.32. The van der Waals surface area contributed by atoms with E-state index in [-0.39, 0.29) is 18.5 Å². The molecule has 0 unspecified atom stereocenters. The van der Waals surface area contributed by atoms with Crippen LogP contribution in [0.15, 0.2) is 40.0 Å². The number of nitrogens with zero attached hydrogens (tertiary/aromatic N) is 1. The highest BCUT2D eigenvalue weighted by Gasteiger charge is 2.34. The lowest BCUT2D eigenvalue weighted by Crippen LogP contribution is -2.14. The van der Waals surface area contributed by atoms with E-state index >= 15 is 0 Å². The predicted octanol–water partition coefficient (Wildman–Crippen LogP) is 4.55. The summed E-state index contributed by atoms with van der Waals surface area (Å²) in [6.07, 6.45) is -2.48. The van der Waals surface area contributed by atoms with Crippen LogP contribution in [0.25, 0.3) is 0 Å². The number of rotatable bonds is 5. The molecule has 0 aromatic heterocycles. The van der Waals surface area contributed by atoms with Gasteiger partial charge in [0.1, 0.15) is 5.70 Å². The Balaban J connectivity index is 2.09. The van der Waals surface area contributed by atoms with Crippen molar-refractivity contribution in [3.63, 3.8) is 0 Å². The molecule has 0 saturated heterocycles. The smallest absolute Gasteiger partial charge is 0.294 e. The predicted molar refractivity (Wildman–Crippen MR) is 80.6 cm³/mol. The zero-order valence-electron chi connectivity index (χ0n) is 12.0. The SMILES string of the molecule is O=C(CCC(=O)c1ccccc1C(F)(F)F)C1=C(Cl)CCC=N1. The van der Waals surface area contributed by atoms with E-state index in [1.54, 1.807) is 6.21 Å². The van der Waals surface area contributed by atoms with Gasteiger partial charge < -0.3 is 0 Å². The van der Waals surface area contributed by atoms with E-state index in [0.717, 1.165) is 12.1 Å². The Morgan fingerprint density at radius 3 is 2.43 bits per heavy atom. The van der Waals surface area contributed by atoms with Crippen LogP contribution in [0.1, 0.15) is 41.6 Å². The van der Waals surface area contributed by atoms with Crippen LogP contribution >= 0.6 is 11.6 Å². The maximum atomic E-state index is 12.9. The monoisotopic (exact) mass is 343 g/mol. The Morgan fingerprint density at radius 2 is 1.78 bits per heavy atom. The number of carbonyl (C=O) groups is 2. The molecule has 2 rings (SSSR count). The van der Waals surface area contributed by atoms with E-state index in [4.69, 9.17) is 11.6 Å². The first-order valence-electron chi connectivity index (χ1n) is 6.94. The van der Waals surface area contributed by atoms with E-state index in [2.05, 4.69) is 4.99 Å². The molecule has 1 aromatic rings. The van der Waals surface area contributed by atoms with Crippen LogP contribution in [0, 0.1) is 0 Å². The minimum atomic E-state index is -4.62. The van der Waals surface area contributed by atoms with Crippen LogP contribution < -0.4 is 0 Å². The van der Waals surface area contributed by atoms with E-state index in [0.29, 0.717) is 17.9 Å². The molecule has 1 aromatic carbocycles. The maximum Gasteiger partial charge on any atom is 0.417 e. The Morgan fingerprint density at radius 1 is 1.13 bits per heavy atom. The Hall–Kier alpha value is -1.95. The van der Waals surface area contributed by atoms with E-state index in [9.17, 15) is 22.8 Å². The minimum absolute atomic E-state index is 0.0924. The fraction of sp³-hybridized carbons (Fsp3) is 0.312. The van der Waals surface area contributed by atoms with E-state index in [1.807, 2.05) is 0 Å². The van der Waals surface area contributed by atoms with Crippen molar-refractivity contribution in [1.29, 1.82) is 0 Å². The molecule has 0 atom stereocenters. The quantitative estimate of drug-likeness (QED) is 0.736. The number of hydrogen-bond donors (Lipinski definition) is 0. The van der Waals surface area contributed by atoms with Gasteiger partial charge in [-0.2, -0.15) is 13.2 Å². The average molecular weight is 344 g/mol. The number of allylic oxidation sites excluding steroid dienone is 2. The molecule has 0 saturated carbocycles. The minimum Gasteiger partial charge on any atom is -0.294 e. The molecule has 0 radical (unpaired) electrons. The number of ketones is 2. The molecule has 7 heteroatoms. The van der Waals surface area contributed by atoms with Crippen molar-refractivity contribution in [2.45, 2.75) is 31.9 Å². The van der Waals surface area contributed by atoms with Gasteiger partial charge in [-0.1, -0.05) is 29.8 Å². The van der Waals surface area contributed by atoms with Crippen LogP contribution in [-0.4, -0.2) is 17.8 Å². The van der Waals surface area contributed by atoms with Crippen molar-refractivity contribution in [3.05, 3.63) is 46.1 Å². The normalized spacial score (nSPS) is 15.0. The molecular formula is C16H13ClF3NO2. The van der Waals surface area contributed by atoms with Gasteiger partial charge in [-0.05, 0) is 18.9 Å². The van der Waals surface area contributed by atoms with E-state index in [1.165, 1.54) is 12.1 Å². The summed E-state index contributed by atoms with van der Waals surface area (Å²) >= 11 is 5.91. The van der Waals surface area contributed by atoms with Gasteiger partial charge in [-0.15, -0.1) is 0 Å². The molecule has 1 aliphatic rings. The van der Waals surface area contributed by atoms with Crippen molar-refractivity contribution in [2.75, 3.05) is 0 Å². The summed E-state index contributed by atoms with van der Waals surface area (Å²) in [5.41, 5.74) is -1.33. The van der Waals surface area contributed by atoms with Gasteiger partial charge in [0.25, 0.3) is 0 Å². The summed E-state index contributed by atoms with van der Waals surface area (Å²) in [6, 6.07) is 4.53. The highest BCUT2D eigenvalue weighted by atomic mass is 35.5. The van der Waals surface area contributed by atoms with Crippen molar-refractivity contribution in [3.8, 4) is 0 Å². The number of aliphatic imine (C=N–C) groups is 1. The first-order valence-corrected chi connectivity index (χ1v) is 7.32. The first-order chi connectivity index (χ1) is 10.8.